The molecular formula is C24H20N6. The monoisotopic (exact) mass is 392 g/mol. The van der Waals surface area contributed by atoms with Crippen LogP contribution in [0.15, 0.2) is 85.3 Å². The summed E-state index contributed by atoms with van der Waals surface area (Å²) in [6, 6.07) is 22.2. The minimum absolute atomic E-state index is 0.568. The van der Waals surface area contributed by atoms with Crippen molar-refractivity contribution in [1.29, 1.82) is 0 Å². The average Bonchev–Trinajstić information content (AvgIpc) is 3.23. The van der Waals surface area contributed by atoms with Gasteiger partial charge in [-0.25, -0.2) is 9.50 Å². The van der Waals surface area contributed by atoms with Crippen LogP contribution in [0.25, 0.3) is 28.0 Å². The Morgan fingerprint density at radius 1 is 0.867 bits per heavy atom. The Hall–Kier alpha value is -4.06. The first-order valence-corrected chi connectivity index (χ1v) is 9.79. The molecule has 30 heavy (non-hydrogen) atoms. The third-order valence-electron chi connectivity index (χ3n) is 4.93. The van der Waals surface area contributed by atoms with E-state index in [0.717, 1.165) is 39.4 Å². The largest absolute Gasteiger partial charge is 0.363 e. The summed E-state index contributed by atoms with van der Waals surface area (Å²) < 4.78 is 1.88. The highest BCUT2D eigenvalue weighted by Gasteiger charge is 2.15. The van der Waals surface area contributed by atoms with Crippen LogP contribution >= 0.6 is 0 Å². The van der Waals surface area contributed by atoms with E-state index in [4.69, 9.17) is 10.1 Å². The van der Waals surface area contributed by atoms with Crippen LogP contribution in [-0.2, 0) is 6.54 Å². The van der Waals surface area contributed by atoms with Crippen LogP contribution in [0.5, 0.6) is 0 Å². The fraction of sp³-hybridized carbons (Fsp3) is 0.0833. The summed E-state index contributed by atoms with van der Waals surface area (Å²) in [4.78, 5) is 13.7. The molecule has 0 saturated carbocycles. The number of hydrogen-bond donors (Lipinski definition) is 1. The van der Waals surface area contributed by atoms with Crippen LogP contribution in [-0.4, -0.2) is 24.6 Å². The van der Waals surface area contributed by atoms with Crippen molar-refractivity contribution >= 4 is 11.3 Å². The summed E-state index contributed by atoms with van der Waals surface area (Å²) in [6.07, 6.45) is 5.57. The Labute approximate surface area is 174 Å². The van der Waals surface area contributed by atoms with Crippen LogP contribution in [0, 0.1) is 6.92 Å². The van der Waals surface area contributed by atoms with Crippen molar-refractivity contribution < 1.29 is 0 Å². The van der Waals surface area contributed by atoms with E-state index >= 15 is 0 Å². The fourth-order valence-corrected chi connectivity index (χ4v) is 3.40. The molecule has 5 aromatic rings. The van der Waals surface area contributed by atoms with Crippen LogP contribution < -0.4 is 5.32 Å². The van der Waals surface area contributed by atoms with Gasteiger partial charge in [-0.3, -0.25) is 9.97 Å². The summed E-state index contributed by atoms with van der Waals surface area (Å²) in [7, 11) is 0. The second-order valence-corrected chi connectivity index (χ2v) is 7.04. The van der Waals surface area contributed by atoms with Gasteiger partial charge in [0.15, 0.2) is 11.6 Å². The molecule has 0 spiro atoms. The average molecular weight is 392 g/mol. The standard InChI is InChI=1S/C24H20N6/c1-17-10-11-19(15-26-17)23-28-24(27-16-20-9-5-6-13-25-20)22-21(12-14-30(22)29-23)18-7-3-2-4-8-18/h2-15H,16H2,1H3,(H,27,28,29). The predicted molar refractivity (Wildman–Crippen MR) is 118 cm³/mol. The smallest absolute Gasteiger partial charge is 0.183 e. The van der Waals surface area contributed by atoms with Gasteiger partial charge in [0.05, 0.1) is 12.2 Å². The molecule has 1 aromatic carbocycles. The Morgan fingerprint density at radius 3 is 2.50 bits per heavy atom. The Morgan fingerprint density at radius 2 is 1.73 bits per heavy atom. The lowest BCUT2D eigenvalue weighted by Gasteiger charge is -2.11. The molecule has 0 amide bonds. The zero-order valence-corrected chi connectivity index (χ0v) is 16.5. The molecule has 0 unspecified atom stereocenters. The fourth-order valence-electron chi connectivity index (χ4n) is 3.40. The predicted octanol–water partition coefficient (Wildman–Crippen LogP) is 4.77. The van der Waals surface area contributed by atoms with E-state index in [-0.39, 0.29) is 0 Å². The number of nitrogens with one attached hydrogen (secondary N) is 1. The van der Waals surface area contributed by atoms with Gasteiger partial charge in [0.2, 0.25) is 0 Å². The number of aromatic nitrogens is 5. The van der Waals surface area contributed by atoms with Crippen molar-refractivity contribution in [2.45, 2.75) is 13.5 Å². The second-order valence-electron chi connectivity index (χ2n) is 7.04. The maximum Gasteiger partial charge on any atom is 0.183 e. The number of benzene rings is 1. The third kappa shape index (κ3) is 3.51. The third-order valence-corrected chi connectivity index (χ3v) is 4.93. The highest BCUT2D eigenvalue weighted by Crippen LogP contribution is 2.31. The summed E-state index contributed by atoms with van der Waals surface area (Å²) in [6.45, 7) is 2.53. The molecule has 0 radical (unpaired) electrons. The zero-order chi connectivity index (χ0) is 20.3. The molecule has 146 valence electrons. The van der Waals surface area contributed by atoms with Gasteiger partial charge in [0, 0.05) is 35.4 Å². The molecule has 0 saturated heterocycles. The highest BCUT2D eigenvalue weighted by molar-refractivity contribution is 5.89. The number of fused-ring (bicyclic) bond motifs is 1. The maximum absolute atomic E-state index is 4.86. The Balaban J connectivity index is 1.63. The van der Waals surface area contributed by atoms with Gasteiger partial charge in [-0.05, 0) is 42.8 Å². The second kappa shape index (κ2) is 7.75. The summed E-state index contributed by atoms with van der Waals surface area (Å²) >= 11 is 0. The summed E-state index contributed by atoms with van der Waals surface area (Å²) in [5.41, 5.74) is 5.91. The van der Waals surface area contributed by atoms with Crippen molar-refractivity contribution in [2.75, 3.05) is 5.32 Å². The minimum Gasteiger partial charge on any atom is -0.363 e. The van der Waals surface area contributed by atoms with E-state index in [1.807, 2.05) is 66.2 Å². The lowest BCUT2D eigenvalue weighted by atomic mass is 10.1. The van der Waals surface area contributed by atoms with Gasteiger partial charge in [-0.2, -0.15) is 0 Å². The van der Waals surface area contributed by atoms with Crippen LogP contribution in [0.4, 0.5) is 5.82 Å². The molecule has 6 heteroatoms. The molecule has 0 aliphatic carbocycles. The van der Waals surface area contributed by atoms with Crippen molar-refractivity contribution in [3.63, 3.8) is 0 Å². The van der Waals surface area contributed by atoms with E-state index in [0.29, 0.717) is 12.4 Å². The molecule has 0 bridgehead atoms. The molecule has 6 nitrogen and oxygen atoms in total. The lowest BCUT2D eigenvalue weighted by molar-refractivity contribution is 0.905. The first kappa shape index (κ1) is 18.0. The number of nitrogens with zero attached hydrogens (tertiary/aromatic N) is 5. The minimum atomic E-state index is 0.568. The maximum atomic E-state index is 4.86. The van der Waals surface area contributed by atoms with Gasteiger partial charge < -0.3 is 5.32 Å². The van der Waals surface area contributed by atoms with Gasteiger partial charge in [-0.15, -0.1) is 5.10 Å². The van der Waals surface area contributed by atoms with Gasteiger partial charge in [0.1, 0.15) is 5.52 Å². The Bertz CT molecular complexity index is 1280. The molecule has 0 aliphatic rings. The molecule has 5 rings (SSSR count). The number of anilines is 1. The van der Waals surface area contributed by atoms with Crippen molar-refractivity contribution in [3.05, 3.63) is 96.7 Å². The van der Waals surface area contributed by atoms with E-state index < -0.39 is 0 Å². The molecule has 0 atom stereocenters. The number of rotatable bonds is 5. The Kier molecular flexibility index (Phi) is 4.65. The quantitative estimate of drug-likeness (QED) is 0.466. The molecule has 1 N–H and O–H groups in total. The lowest BCUT2D eigenvalue weighted by Crippen LogP contribution is -2.08. The number of hydrogen-bond acceptors (Lipinski definition) is 5. The van der Waals surface area contributed by atoms with E-state index in [1.54, 1.807) is 12.4 Å². The van der Waals surface area contributed by atoms with Crippen molar-refractivity contribution in [2.24, 2.45) is 0 Å². The molecule has 4 aromatic heterocycles. The van der Waals surface area contributed by atoms with Crippen LogP contribution in [0.2, 0.25) is 0 Å². The molecule has 4 heterocycles. The first-order chi connectivity index (χ1) is 14.8. The van der Waals surface area contributed by atoms with Gasteiger partial charge in [0.25, 0.3) is 0 Å². The van der Waals surface area contributed by atoms with Gasteiger partial charge >= 0.3 is 0 Å². The first-order valence-electron chi connectivity index (χ1n) is 9.79. The van der Waals surface area contributed by atoms with Crippen LogP contribution in [0.1, 0.15) is 11.4 Å². The van der Waals surface area contributed by atoms with Crippen molar-refractivity contribution in [1.82, 2.24) is 24.6 Å². The summed E-state index contributed by atoms with van der Waals surface area (Å²) in [5.74, 6) is 1.38. The SMILES string of the molecule is Cc1ccc(-c2nc(NCc3ccccn3)c3c(-c4ccccc4)ccn3n2)cn1. The normalized spacial score (nSPS) is 11.0. The highest BCUT2D eigenvalue weighted by atomic mass is 15.3. The van der Waals surface area contributed by atoms with E-state index in [1.165, 1.54) is 0 Å². The number of aryl methyl sites for hydroxylation is 1. The van der Waals surface area contributed by atoms with E-state index in [2.05, 4.69) is 33.5 Å². The zero-order valence-electron chi connectivity index (χ0n) is 16.5. The topological polar surface area (TPSA) is 68.0 Å². The summed E-state index contributed by atoms with van der Waals surface area (Å²) in [5, 5.41) is 8.21. The molecule has 0 aliphatic heterocycles. The van der Waals surface area contributed by atoms with Crippen molar-refractivity contribution in [3.8, 4) is 22.5 Å². The number of pyridine rings is 2. The molecular weight excluding hydrogens is 372 g/mol. The van der Waals surface area contributed by atoms with E-state index in [9.17, 15) is 0 Å². The van der Waals surface area contributed by atoms with Crippen LogP contribution in [0.3, 0.4) is 0 Å². The molecule has 0 fully saturated rings. The van der Waals surface area contributed by atoms with Gasteiger partial charge in [-0.1, -0.05) is 36.4 Å².